The van der Waals surface area contributed by atoms with Gasteiger partial charge in [0.15, 0.2) is 5.11 Å². The molecule has 2 N–H and O–H groups in total. The number of carbonyl (C=O) groups excluding carboxylic acids is 2. The van der Waals surface area contributed by atoms with Crippen molar-refractivity contribution in [3.8, 4) is 0 Å². The van der Waals surface area contributed by atoms with E-state index in [1.165, 1.54) is 4.90 Å². The van der Waals surface area contributed by atoms with Gasteiger partial charge in [0.2, 0.25) is 5.91 Å². The van der Waals surface area contributed by atoms with Crippen molar-refractivity contribution in [3.63, 3.8) is 0 Å². The summed E-state index contributed by atoms with van der Waals surface area (Å²) in [7, 11) is 1.65. The smallest absolute Gasteiger partial charge is 0.251 e. The Bertz CT molecular complexity index is 1130. The molecule has 1 aromatic heterocycles. The number of hydrogen-bond acceptors (Lipinski definition) is 3. The summed E-state index contributed by atoms with van der Waals surface area (Å²) in [6.07, 6.45) is 2.55. The zero-order valence-corrected chi connectivity index (χ0v) is 18.0. The fourth-order valence-corrected chi connectivity index (χ4v) is 4.20. The number of halogens is 1. The van der Waals surface area contributed by atoms with Gasteiger partial charge in [0.1, 0.15) is 6.04 Å². The summed E-state index contributed by atoms with van der Waals surface area (Å²) in [6.45, 7) is 0.529. The SMILES string of the molecule is CN1C(=O)C(CC(=O)Nc2ccc3cc[nH]c3c2)N(CCc2cccc(Cl)c2)C1=S. The second-order valence-electron chi connectivity index (χ2n) is 7.30. The molecule has 3 aromatic rings. The highest BCUT2D eigenvalue weighted by Gasteiger charge is 2.41. The molecule has 1 unspecified atom stereocenters. The molecule has 30 heavy (non-hydrogen) atoms. The number of thiocarbonyl (C=S) groups is 1. The van der Waals surface area contributed by atoms with Gasteiger partial charge in [-0.3, -0.25) is 14.5 Å². The van der Waals surface area contributed by atoms with Crippen molar-refractivity contribution in [2.45, 2.75) is 18.9 Å². The number of anilines is 1. The number of fused-ring (bicyclic) bond motifs is 1. The lowest BCUT2D eigenvalue weighted by atomic mass is 10.1. The number of H-pyrrole nitrogens is 1. The quantitative estimate of drug-likeness (QED) is 0.572. The van der Waals surface area contributed by atoms with Crippen LogP contribution in [0.2, 0.25) is 5.02 Å². The number of carbonyl (C=O) groups is 2. The molecule has 0 radical (unpaired) electrons. The second kappa shape index (κ2) is 8.45. The van der Waals surface area contributed by atoms with Gasteiger partial charge in [-0.1, -0.05) is 29.8 Å². The largest absolute Gasteiger partial charge is 0.361 e. The van der Waals surface area contributed by atoms with Crippen LogP contribution in [0.15, 0.2) is 54.7 Å². The molecule has 2 heterocycles. The lowest BCUT2D eigenvalue weighted by Crippen LogP contribution is -2.39. The molecular weight excluding hydrogens is 420 g/mol. The maximum atomic E-state index is 12.7. The molecule has 0 aliphatic carbocycles. The Morgan fingerprint density at radius 1 is 1.23 bits per heavy atom. The Morgan fingerprint density at radius 2 is 2.07 bits per heavy atom. The maximum absolute atomic E-state index is 12.7. The van der Waals surface area contributed by atoms with Crippen molar-refractivity contribution < 1.29 is 9.59 Å². The van der Waals surface area contributed by atoms with E-state index in [1.807, 2.05) is 59.6 Å². The average Bonchev–Trinajstić information content (AvgIpc) is 3.26. The van der Waals surface area contributed by atoms with Crippen LogP contribution in [0.25, 0.3) is 10.9 Å². The van der Waals surface area contributed by atoms with E-state index in [0.717, 1.165) is 16.5 Å². The number of rotatable bonds is 6. The number of nitrogens with zero attached hydrogens (tertiary/aromatic N) is 2. The predicted octanol–water partition coefficient (Wildman–Crippen LogP) is 3.82. The van der Waals surface area contributed by atoms with Gasteiger partial charge in [-0.25, -0.2) is 0 Å². The minimum Gasteiger partial charge on any atom is -0.361 e. The molecule has 0 spiro atoms. The lowest BCUT2D eigenvalue weighted by molar-refractivity contribution is -0.130. The monoisotopic (exact) mass is 440 g/mol. The Kier molecular flexibility index (Phi) is 5.74. The molecule has 8 heteroatoms. The minimum atomic E-state index is -0.615. The van der Waals surface area contributed by atoms with Crippen LogP contribution < -0.4 is 5.32 Å². The van der Waals surface area contributed by atoms with Crippen molar-refractivity contribution >= 4 is 57.3 Å². The van der Waals surface area contributed by atoms with Gasteiger partial charge in [-0.05, 0) is 59.9 Å². The van der Waals surface area contributed by atoms with Gasteiger partial charge in [-0.2, -0.15) is 0 Å². The van der Waals surface area contributed by atoms with Crippen LogP contribution in [0.3, 0.4) is 0 Å². The van der Waals surface area contributed by atoms with Crippen LogP contribution in [-0.2, 0) is 16.0 Å². The highest BCUT2D eigenvalue weighted by Crippen LogP contribution is 2.22. The Morgan fingerprint density at radius 3 is 2.87 bits per heavy atom. The van der Waals surface area contributed by atoms with Crippen LogP contribution >= 0.6 is 23.8 Å². The summed E-state index contributed by atoms with van der Waals surface area (Å²) in [5.41, 5.74) is 2.67. The molecule has 0 saturated carbocycles. The van der Waals surface area contributed by atoms with Gasteiger partial charge in [0.05, 0.1) is 6.42 Å². The number of aromatic nitrogens is 1. The molecule has 154 valence electrons. The van der Waals surface area contributed by atoms with E-state index in [9.17, 15) is 9.59 Å². The number of benzene rings is 2. The normalized spacial score (nSPS) is 16.5. The van der Waals surface area contributed by atoms with E-state index >= 15 is 0 Å². The van der Waals surface area contributed by atoms with Crippen molar-refractivity contribution in [2.24, 2.45) is 0 Å². The zero-order chi connectivity index (χ0) is 21.3. The molecule has 4 rings (SSSR count). The van der Waals surface area contributed by atoms with E-state index in [4.69, 9.17) is 23.8 Å². The van der Waals surface area contributed by atoms with Crippen LogP contribution in [0, 0.1) is 0 Å². The third-order valence-corrected chi connectivity index (χ3v) is 6.02. The second-order valence-corrected chi connectivity index (χ2v) is 8.10. The van der Waals surface area contributed by atoms with E-state index in [-0.39, 0.29) is 18.2 Å². The molecule has 2 amide bonds. The number of nitrogens with one attached hydrogen (secondary N) is 2. The topological polar surface area (TPSA) is 68.4 Å². The van der Waals surface area contributed by atoms with Crippen LogP contribution in [0.5, 0.6) is 0 Å². The van der Waals surface area contributed by atoms with Gasteiger partial charge >= 0.3 is 0 Å². The number of hydrogen-bond donors (Lipinski definition) is 2. The Hall–Kier alpha value is -2.90. The highest BCUT2D eigenvalue weighted by atomic mass is 35.5. The van der Waals surface area contributed by atoms with Gasteiger partial charge in [-0.15, -0.1) is 0 Å². The minimum absolute atomic E-state index is 0.0294. The molecule has 6 nitrogen and oxygen atoms in total. The summed E-state index contributed by atoms with van der Waals surface area (Å²) in [4.78, 5) is 31.8. The first-order valence-electron chi connectivity index (χ1n) is 9.62. The van der Waals surface area contributed by atoms with Crippen LogP contribution in [0.1, 0.15) is 12.0 Å². The van der Waals surface area contributed by atoms with E-state index in [0.29, 0.717) is 28.8 Å². The fraction of sp³-hybridized carbons (Fsp3) is 0.227. The molecule has 1 aliphatic heterocycles. The standard InChI is InChI=1S/C22H21ClN4O2S/c1-26-21(29)19(27(22(26)30)10-8-14-3-2-4-16(23)11-14)13-20(28)25-17-6-5-15-7-9-24-18(15)12-17/h2-7,9,11-12,19,24H,8,10,13H2,1H3,(H,25,28). The lowest BCUT2D eigenvalue weighted by Gasteiger charge is -2.23. The Balaban J connectivity index is 1.44. The third kappa shape index (κ3) is 4.17. The maximum Gasteiger partial charge on any atom is 0.251 e. The molecular formula is C22H21ClN4O2S. The van der Waals surface area contributed by atoms with Crippen molar-refractivity contribution in [1.29, 1.82) is 0 Å². The van der Waals surface area contributed by atoms with Crippen molar-refractivity contribution in [2.75, 3.05) is 18.9 Å². The third-order valence-electron chi connectivity index (χ3n) is 5.27. The van der Waals surface area contributed by atoms with E-state index < -0.39 is 6.04 Å². The van der Waals surface area contributed by atoms with Gasteiger partial charge in [0.25, 0.3) is 5.91 Å². The molecule has 0 bridgehead atoms. The van der Waals surface area contributed by atoms with E-state index in [2.05, 4.69) is 10.3 Å². The summed E-state index contributed by atoms with van der Waals surface area (Å²) < 4.78 is 0. The van der Waals surface area contributed by atoms with Crippen LogP contribution in [-0.4, -0.2) is 51.3 Å². The summed E-state index contributed by atoms with van der Waals surface area (Å²) in [5.74, 6) is -0.397. The molecule has 1 fully saturated rings. The molecule has 1 saturated heterocycles. The molecule has 1 aliphatic rings. The Labute approximate surface area is 184 Å². The first kappa shape index (κ1) is 20.4. The zero-order valence-electron chi connectivity index (χ0n) is 16.4. The van der Waals surface area contributed by atoms with E-state index in [1.54, 1.807) is 7.05 Å². The first-order valence-corrected chi connectivity index (χ1v) is 10.4. The fourth-order valence-electron chi connectivity index (χ4n) is 3.68. The highest BCUT2D eigenvalue weighted by molar-refractivity contribution is 7.80. The van der Waals surface area contributed by atoms with Gasteiger partial charge < -0.3 is 15.2 Å². The number of aromatic amines is 1. The number of likely N-dealkylation sites (N-methyl/N-ethyl adjacent to an activating group) is 1. The predicted molar refractivity (Wildman–Crippen MR) is 123 cm³/mol. The average molecular weight is 441 g/mol. The molecule has 1 atom stereocenters. The summed E-state index contributed by atoms with van der Waals surface area (Å²) in [6, 6.07) is 14.6. The summed E-state index contributed by atoms with van der Waals surface area (Å²) >= 11 is 11.5. The molecule has 2 aromatic carbocycles. The van der Waals surface area contributed by atoms with Crippen LogP contribution in [0.4, 0.5) is 5.69 Å². The number of amides is 2. The van der Waals surface area contributed by atoms with Crippen molar-refractivity contribution in [3.05, 3.63) is 65.3 Å². The van der Waals surface area contributed by atoms with Crippen molar-refractivity contribution in [1.82, 2.24) is 14.8 Å². The summed E-state index contributed by atoms with van der Waals surface area (Å²) in [5, 5.41) is 5.06. The van der Waals surface area contributed by atoms with Gasteiger partial charge in [0, 0.05) is 36.0 Å². The first-order chi connectivity index (χ1) is 14.4.